The Hall–Kier alpha value is -2.92. The predicted octanol–water partition coefficient (Wildman–Crippen LogP) is 13.8. The molecule has 0 aliphatic rings. The van der Waals surface area contributed by atoms with Crippen molar-refractivity contribution in [2.24, 2.45) is 0 Å². The third-order valence-electron chi connectivity index (χ3n) is 8.44. The van der Waals surface area contributed by atoms with Crippen LogP contribution < -0.4 is 0 Å². The lowest BCUT2D eigenvalue weighted by atomic mass is 10.1. The van der Waals surface area contributed by atoms with Gasteiger partial charge in [0.05, 0.1) is 6.61 Å². The molecule has 52 heavy (non-hydrogen) atoms. The van der Waals surface area contributed by atoms with Crippen molar-refractivity contribution < 1.29 is 23.8 Å². The molecule has 0 fully saturated rings. The molecule has 5 heteroatoms. The summed E-state index contributed by atoms with van der Waals surface area (Å²) < 4.78 is 17.1. The average Bonchev–Trinajstić information content (AvgIpc) is 3.14. The van der Waals surface area contributed by atoms with E-state index < -0.39 is 6.10 Å². The Bertz CT molecular complexity index is 999. The summed E-state index contributed by atoms with van der Waals surface area (Å²) in [5, 5.41) is 0. The van der Waals surface area contributed by atoms with Crippen LogP contribution in [0.25, 0.3) is 0 Å². The quantitative estimate of drug-likeness (QED) is 0.0363. The minimum absolute atomic E-state index is 0.0327. The first kappa shape index (κ1) is 49.1. The summed E-state index contributed by atoms with van der Waals surface area (Å²) in [6.45, 7) is 7.46. The molecular formula is C47H78O5. The standard InChI is InChI=1S/C47H78O5/c1-4-7-10-13-16-19-22-24-26-28-31-34-37-40-46(48)51-44-45(43-50-42-39-36-33-30-21-18-15-12-9-6-3)52-47(49)41-38-35-32-29-27-25-23-20-17-14-11-8-5-2/h7-8,10-11,16-17,19-20,24-27,31,34,45H,4-6,9,12-15,18,21-23,28-30,32-33,35-44H2,1-3H3/b10-7-,11-8-,19-16-,20-17-,26-24-,27-25-,34-31-. The number of carbonyl (C=O) groups is 2. The highest BCUT2D eigenvalue weighted by molar-refractivity contribution is 5.70. The Balaban J connectivity index is 4.42. The Kier molecular flexibility index (Phi) is 40.1. The first-order valence-electron chi connectivity index (χ1n) is 21.1. The van der Waals surface area contributed by atoms with Gasteiger partial charge in [0.1, 0.15) is 6.61 Å². The molecule has 0 aromatic heterocycles. The number of hydrogen-bond acceptors (Lipinski definition) is 5. The van der Waals surface area contributed by atoms with Crippen molar-refractivity contribution in [1.82, 2.24) is 0 Å². The molecule has 0 bridgehead atoms. The molecular weight excluding hydrogens is 645 g/mol. The van der Waals surface area contributed by atoms with Gasteiger partial charge in [-0.2, -0.15) is 0 Å². The molecule has 0 aromatic rings. The zero-order valence-electron chi connectivity index (χ0n) is 33.8. The van der Waals surface area contributed by atoms with Crippen LogP contribution in [0.4, 0.5) is 0 Å². The molecule has 0 aromatic carbocycles. The summed E-state index contributed by atoms with van der Waals surface area (Å²) >= 11 is 0. The maximum absolute atomic E-state index is 12.7. The van der Waals surface area contributed by atoms with E-state index in [2.05, 4.69) is 99.8 Å². The maximum Gasteiger partial charge on any atom is 0.306 e. The summed E-state index contributed by atoms with van der Waals surface area (Å²) in [6.07, 6.45) is 54.5. The first-order valence-corrected chi connectivity index (χ1v) is 21.1. The van der Waals surface area contributed by atoms with Crippen molar-refractivity contribution >= 4 is 11.9 Å². The van der Waals surface area contributed by atoms with Gasteiger partial charge in [0.25, 0.3) is 0 Å². The number of esters is 2. The molecule has 0 saturated heterocycles. The largest absolute Gasteiger partial charge is 0.462 e. The van der Waals surface area contributed by atoms with Crippen molar-refractivity contribution in [3.8, 4) is 0 Å². The minimum atomic E-state index is -0.578. The van der Waals surface area contributed by atoms with Crippen LogP contribution in [0.1, 0.15) is 175 Å². The molecule has 1 atom stereocenters. The van der Waals surface area contributed by atoms with Crippen molar-refractivity contribution in [2.45, 2.75) is 181 Å². The van der Waals surface area contributed by atoms with Gasteiger partial charge in [-0.3, -0.25) is 9.59 Å². The molecule has 0 rings (SSSR count). The zero-order valence-corrected chi connectivity index (χ0v) is 33.8. The third kappa shape index (κ3) is 39.9. The van der Waals surface area contributed by atoms with Crippen molar-refractivity contribution in [3.63, 3.8) is 0 Å². The highest BCUT2D eigenvalue weighted by Gasteiger charge is 2.17. The molecule has 296 valence electrons. The van der Waals surface area contributed by atoms with E-state index in [1.54, 1.807) is 0 Å². The highest BCUT2D eigenvalue weighted by Crippen LogP contribution is 2.12. The number of allylic oxidation sites excluding steroid dienone is 14. The van der Waals surface area contributed by atoms with Gasteiger partial charge in [-0.25, -0.2) is 0 Å². The molecule has 0 amide bonds. The second-order valence-corrected chi connectivity index (χ2v) is 13.5. The number of hydrogen-bond donors (Lipinski definition) is 0. The van der Waals surface area contributed by atoms with E-state index in [-0.39, 0.29) is 25.2 Å². The highest BCUT2D eigenvalue weighted by atomic mass is 16.6. The van der Waals surface area contributed by atoms with Crippen molar-refractivity contribution in [3.05, 3.63) is 85.1 Å². The second-order valence-electron chi connectivity index (χ2n) is 13.5. The van der Waals surface area contributed by atoms with E-state index in [0.717, 1.165) is 83.5 Å². The van der Waals surface area contributed by atoms with Crippen LogP contribution in [0.3, 0.4) is 0 Å². The van der Waals surface area contributed by atoms with E-state index in [1.165, 1.54) is 51.4 Å². The molecule has 0 N–H and O–H groups in total. The van der Waals surface area contributed by atoms with E-state index in [4.69, 9.17) is 14.2 Å². The minimum Gasteiger partial charge on any atom is -0.462 e. The second kappa shape index (κ2) is 42.5. The molecule has 1 unspecified atom stereocenters. The van der Waals surface area contributed by atoms with Crippen LogP contribution in [0.15, 0.2) is 85.1 Å². The fourth-order valence-electron chi connectivity index (χ4n) is 5.36. The van der Waals surface area contributed by atoms with Gasteiger partial charge in [0.15, 0.2) is 6.10 Å². The Labute approximate surface area is 320 Å². The van der Waals surface area contributed by atoms with Gasteiger partial charge in [0.2, 0.25) is 0 Å². The average molecular weight is 723 g/mol. The predicted molar refractivity (Wildman–Crippen MR) is 223 cm³/mol. The van der Waals surface area contributed by atoms with Gasteiger partial charge in [-0.1, -0.05) is 170 Å². The van der Waals surface area contributed by atoms with E-state index in [1.807, 2.05) is 6.08 Å². The Morgan fingerprint density at radius 1 is 0.442 bits per heavy atom. The van der Waals surface area contributed by atoms with Crippen LogP contribution in [0, 0.1) is 0 Å². The number of ether oxygens (including phenoxy) is 3. The lowest BCUT2D eigenvalue weighted by Gasteiger charge is -2.18. The van der Waals surface area contributed by atoms with Crippen LogP contribution >= 0.6 is 0 Å². The van der Waals surface area contributed by atoms with Crippen molar-refractivity contribution in [2.75, 3.05) is 19.8 Å². The molecule has 0 aliphatic carbocycles. The van der Waals surface area contributed by atoms with Gasteiger partial charge >= 0.3 is 11.9 Å². The van der Waals surface area contributed by atoms with Gasteiger partial charge in [0, 0.05) is 19.4 Å². The van der Waals surface area contributed by atoms with Crippen molar-refractivity contribution in [1.29, 1.82) is 0 Å². The summed E-state index contributed by atoms with van der Waals surface area (Å²) in [5.41, 5.74) is 0. The molecule has 0 saturated carbocycles. The summed E-state index contributed by atoms with van der Waals surface area (Å²) in [6, 6.07) is 0. The molecule has 5 nitrogen and oxygen atoms in total. The SMILES string of the molecule is CC/C=C\C/C=C\C/C=C\C/C=C\CCC(=O)OCC(COCCCCCCCCCCCC)OC(=O)CCCCC/C=C\C/C=C\C/C=C\CC. The number of unbranched alkanes of at least 4 members (excludes halogenated alkanes) is 12. The summed E-state index contributed by atoms with van der Waals surface area (Å²) in [4.78, 5) is 25.1. The molecule has 0 heterocycles. The lowest BCUT2D eigenvalue weighted by molar-refractivity contribution is -0.162. The van der Waals surface area contributed by atoms with Gasteiger partial charge in [-0.15, -0.1) is 0 Å². The Morgan fingerprint density at radius 2 is 0.904 bits per heavy atom. The summed E-state index contributed by atoms with van der Waals surface area (Å²) in [5.74, 6) is -0.531. The molecule has 0 spiro atoms. The fraction of sp³-hybridized carbons (Fsp3) is 0.660. The molecule has 0 radical (unpaired) electrons. The van der Waals surface area contributed by atoms with Gasteiger partial charge < -0.3 is 14.2 Å². The van der Waals surface area contributed by atoms with Crippen LogP contribution in [0.2, 0.25) is 0 Å². The van der Waals surface area contributed by atoms with E-state index in [0.29, 0.717) is 25.9 Å². The maximum atomic E-state index is 12.7. The monoisotopic (exact) mass is 723 g/mol. The van der Waals surface area contributed by atoms with E-state index in [9.17, 15) is 9.59 Å². The van der Waals surface area contributed by atoms with Crippen LogP contribution in [-0.2, 0) is 23.8 Å². The summed E-state index contributed by atoms with van der Waals surface area (Å²) in [7, 11) is 0. The zero-order chi connectivity index (χ0) is 37.8. The lowest BCUT2D eigenvalue weighted by Crippen LogP contribution is -2.30. The van der Waals surface area contributed by atoms with E-state index >= 15 is 0 Å². The van der Waals surface area contributed by atoms with Gasteiger partial charge in [-0.05, 0) is 77.0 Å². The number of rotatable bonds is 37. The smallest absolute Gasteiger partial charge is 0.306 e. The normalized spacial score (nSPS) is 13.1. The topological polar surface area (TPSA) is 61.8 Å². The van der Waals surface area contributed by atoms with Crippen LogP contribution in [-0.4, -0.2) is 37.9 Å². The van der Waals surface area contributed by atoms with Crippen LogP contribution in [0.5, 0.6) is 0 Å². The first-order chi connectivity index (χ1) is 25.6. The fourth-order valence-corrected chi connectivity index (χ4v) is 5.36. The third-order valence-corrected chi connectivity index (χ3v) is 8.44. The molecule has 0 aliphatic heterocycles. The Morgan fingerprint density at radius 3 is 1.44 bits per heavy atom. The number of carbonyl (C=O) groups excluding carboxylic acids is 2.